The summed E-state index contributed by atoms with van der Waals surface area (Å²) in [5, 5.41) is 12.7. The van der Waals surface area contributed by atoms with Crippen LogP contribution in [0.3, 0.4) is 0 Å². The molecule has 8 heteroatoms. The maximum Gasteiger partial charge on any atom is 0.277 e. The Labute approximate surface area is 149 Å². The molecule has 0 amide bonds. The van der Waals surface area contributed by atoms with E-state index < -0.39 is 0 Å². The van der Waals surface area contributed by atoms with Crippen molar-refractivity contribution < 1.29 is 13.7 Å². The van der Waals surface area contributed by atoms with Crippen molar-refractivity contribution >= 4 is 11.8 Å². The average molecular weight is 358 g/mol. The van der Waals surface area contributed by atoms with E-state index >= 15 is 0 Å². The van der Waals surface area contributed by atoms with E-state index in [0.717, 1.165) is 30.0 Å². The van der Waals surface area contributed by atoms with Crippen LogP contribution < -0.4 is 4.74 Å². The first-order chi connectivity index (χ1) is 12.2. The van der Waals surface area contributed by atoms with Crippen molar-refractivity contribution in [2.24, 2.45) is 0 Å². The number of hydrogen-bond donors (Lipinski definition) is 0. The summed E-state index contributed by atoms with van der Waals surface area (Å²) in [6.07, 6.45) is 2.88. The van der Waals surface area contributed by atoms with Crippen LogP contribution in [-0.4, -0.2) is 27.4 Å². The summed E-state index contributed by atoms with van der Waals surface area (Å²) in [4.78, 5) is 4.46. The van der Waals surface area contributed by atoms with Crippen LogP contribution in [-0.2, 0) is 6.42 Å². The molecule has 0 radical (unpaired) electrons. The van der Waals surface area contributed by atoms with Crippen LogP contribution in [0.15, 0.2) is 38.4 Å². The Kier molecular flexibility index (Phi) is 4.44. The average Bonchev–Trinajstić information content (AvgIpc) is 3.19. The van der Waals surface area contributed by atoms with E-state index in [1.54, 1.807) is 7.11 Å². The number of ether oxygens (including phenoxy) is 1. The number of thioether (sulfide) groups is 1. The number of benzene rings is 1. The fourth-order valence-corrected chi connectivity index (χ4v) is 3.13. The lowest BCUT2D eigenvalue weighted by Crippen LogP contribution is -1.90. The van der Waals surface area contributed by atoms with E-state index in [-0.39, 0.29) is 5.25 Å². The van der Waals surface area contributed by atoms with Crippen molar-refractivity contribution in [1.29, 1.82) is 0 Å². The summed E-state index contributed by atoms with van der Waals surface area (Å²) in [5.41, 5.74) is 1.08. The minimum absolute atomic E-state index is 0.0331. The van der Waals surface area contributed by atoms with Crippen LogP contribution in [0.4, 0.5) is 0 Å². The fraction of sp³-hybridized carbons (Fsp3) is 0.412. The Balaban J connectivity index is 1.38. The first-order valence-electron chi connectivity index (χ1n) is 8.16. The van der Waals surface area contributed by atoms with Gasteiger partial charge in [0.1, 0.15) is 5.75 Å². The Bertz CT molecular complexity index is 842. The van der Waals surface area contributed by atoms with E-state index in [0.29, 0.717) is 29.3 Å². The molecule has 7 nitrogen and oxygen atoms in total. The summed E-state index contributed by atoms with van der Waals surface area (Å²) in [6, 6.07) is 7.79. The van der Waals surface area contributed by atoms with E-state index in [1.807, 2.05) is 31.2 Å². The molecule has 0 N–H and O–H groups in total. The second-order valence-electron chi connectivity index (χ2n) is 6.01. The highest BCUT2D eigenvalue weighted by molar-refractivity contribution is 7.99. The second kappa shape index (κ2) is 6.87. The van der Waals surface area contributed by atoms with Crippen molar-refractivity contribution in [3.05, 3.63) is 47.4 Å². The molecule has 1 unspecified atom stereocenters. The first-order valence-corrected chi connectivity index (χ1v) is 9.04. The number of methoxy groups -OCH3 is 1. The summed E-state index contributed by atoms with van der Waals surface area (Å²) in [5.74, 6) is 3.29. The molecule has 25 heavy (non-hydrogen) atoms. The van der Waals surface area contributed by atoms with Crippen LogP contribution in [0.1, 0.15) is 54.1 Å². The van der Waals surface area contributed by atoms with Crippen molar-refractivity contribution in [3.63, 3.8) is 0 Å². The van der Waals surface area contributed by atoms with Gasteiger partial charge in [-0.15, -0.1) is 10.2 Å². The van der Waals surface area contributed by atoms with Crippen LogP contribution >= 0.6 is 11.8 Å². The molecule has 0 spiro atoms. The Morgan fingerprint density at radius 3 is 2.76 bits per heavy atom. The summed E-state index contributed by atoms with van der Waals surface area (Å²) in [6.45, 7) is 1.99. The lowest BCUT2D eigenvalue weighted by Gasteiger charge is -2.01. The standard InChI is InChI=1S/C17H18N4O3S/c1-10(16-18-15(21-24-16)12-5-6-12)25-17-20-19-14(23-17)9-11-3-7-13(22-2)8-4-11/h3-4,7-8,10,12H,5-6,9H2,1-2H3. The first kappa shape index (κ1) is 16.1. The summed E-state index contributed by atoms with van der Waals surface area (Å²) >= 11 is 1.42. The lowest BCUT2D eigenvalue weighted by molar-refractivity contribution is 0.373. The molecular formula is C17H18N4O3S. The van der Waals surface area contributed by atoms with Crippen LogP contribution in [0, 0.1) is 0 Å². The Morgan fingerprint density at radius 1 is 1.24 bits per heavy atom. The molecule has 1 aromatic carbocycles. The van der Waals surface area contributed by atoms with Gasteiger partial charge in [-0.05, 0) is 37.5 Å². The van der Waals surface area contributed by atoms with Crippen molar-refractivity contribution in [1.82, 2.24) is 20.3 Å². The molecule has 130 valence electrons. The highest BCUT2D eigenvalue weighted by Crippen LogP contribution is 2.40. The van der Waals surface area contributed by atoms with Crippen molar-refractivity contribution in [2.75, 3.05) is 7.11 Å². The number of hydrogen-bond acceptors (Lipinski definition) is 8. The quantitative estimate of drug-likeness (QED) is 0.590. The Morgan fingerprint density at radius 2 is 2.04 bits per heavy atom. The maximum absolute atomic E-state index is 5.72. The number of aromatic nitrogens is 4. The number of rotatable bonds is 7. The fourth-order valence-electron chi connectivity index (χ4n) is 2.40. The van der Waals surface area contributed by atoms with Crippen molar-refractivity contribution in [2.45, 2.75) is 42.6 Å². The van der Waals surface area contributed by atoms with E-state index in [1.165, 1.54) is 11.8 Å². The molecule has 2 heterocycles. The van der Waals surface area contributed by atoms with Gasteiger partial charge in [0.2, 0.25) is 11.8 Å². The monoisotopic (exact) mass is 358 g/mol. The van der Waals surface area contributed by atoms with Gasteiger partial charge < -0.3 is 13.7 Å². The summed E-state index contributed by atoms with van der Waals surface area (Å²) < 4.78 is 16.2. The third-order valence-corrected chi connectivity index (χ3v) is 4.91. The van der Waals surface area contributed by atoms with Gasteiger partial charge in [0.15, 0.2) is 5.82 Å². The summed E-state index contributed by atoms with van der Waals surface area (Å²) in [7, 11) is 1.65. The minimum atomic E-state index is -0.0331. The normalized spacial score (nSPS) is 15.3. The van der Waals surface area contributed by atoms with Crippen LogP contribution in [0.2, 0.25) is 0 Å². The molecule has 0 bridgehead atoms. The van der Waals surface area contributed by atoms with Gasteiger partial charge in [-0.1, -0.05) is 29.1 Å². The molecule has 0 saturated heterocycles. The molecule has 1 saturated carbocycles. The van der Waals surface area contributed by atoms with Gasteiger partial charge in [-0.3, -0.25) is 0 Å². The predicted octanol–water partition coefficient (Wildman–Crippen LogP) is 3.78. The molecule has 3 aromatic rings. The van der Waals surface area contributed by atoms with Gasteiger partial charge in [0.25, 0.3) is 5.22 Å². The van der Waals surface area contributed by atoms with Crippen LogP contribution in [0.5, 0.6) is 5.75 Å². The van der Waals surface area contributed by atoms with Crippen LogP contribution in [0.25, 0.3) is 0 Å². The van der Waals surface area contributed by atoms with Gasteiger partial charge in [-0.25, -0.2) is 0 Å². The Hall–Kier alpha value is -2.35. The van der Waals surface area contributed by atoms with Gasteiger partial charge in [-0.2, -0.15) is 4.98 Å². The van der Waals surface area contributed by atoms with Gasteiger partial charge >= 0.3 is 0 Å². The smallest absolute Gasteiger partial charge is 0.277 e. The van der Waals surface area contributed by atoms with Gasteiger partial charge in [0, 0.05) is 5.92 Å². The topological polar surface area (TPSA) is 87.1 Å². The molecule has 0 aliphatic heterocycles. The highest BCUT2D eigenvalue weighted by Gasteiger charge is 2.30. The molecule has 2 aromatic heterocycles. The SMILES string of the molecule is COc1ccc(Cc2nnc(SC(C)c3nc(C4CC4)no3)o2)cc1. The third kappa shape index (κ3) is 3.84. The van der Waals surface area contributed by atoms with E-state index in [9.17, 15) is 0 Å². The molecule has 1 atom stereocenters. The number of nitrogens with zero attached hydrogens (tertiary/aromatic N) is 4. The molecular weight excluding hydrogens is 340 g/mol. The van der Waals surface area contributed by atoms with E-state index in [4.69, 9.17) is 13.7 Å². The molecule has 1 fully saturated rings. The predicted molar refractivity (Wildman–Crippen MR) is 90.6 cm³/mol. The second-order valence-corrected chi connectivity index (χ2v) is 7.30. The molecule has 4 rings (SSSR count). The molecule has 1 aliphatic rings. The highest BCUT2D eigenvalue weighted by atomic mass is 32.2. The van der Waals surface area contributed by atoms with Crippen molar-refractivity contribution in [3.8, 4) is 5.75 Å². The largest absolute Gasteiger partial charge is 0.497 e. The van der Waals surface area contributed by atoms with Gasteiger partial charge in [0.05, 0.1) is 18.8 Å². The zero-order valence-electron chi connectivity index (χ0n) is 14.0. The zero-order valence-corrected chi connectivity index (χ0v) is 14.8. The molecule has 1 aliphatic carbocycles. The lowest BCUT2D eigenvalue weighted by atomic mass is 10.1. The maximum atomic E-state index is 5.72. The zero-order chi connectivity index (χ0) is 17.2. The van der Waals surface area contributed by atoms with E-state index in [2.05, 4.69) is 20.3 Å². The third-order valence-electron chi connectivity index (χ3n) is 3.99. The minimum Gasteiger partial charge on any atom is -0.497 e.